The van der Waals surface area contributed by atoms with Gasteiger partial charge in [-0.2, -0.15) is 0 Å². The van der Waals surface area contributed by atoms with Gasteiger partial charge in [0.1, 0.15) is 12.6 Å². The lowest BCUT2D eigenvalue weighted by Crippen LogP contribution is -2.33. The molecular weight excluding hydrogens is 208 g/mol. The number of nitrogens with one attached hydrogen (secondary N) is 1. The molecule has 1 fully saturated rings. The number of ether oxygens (including phenoxy) is 2. The van der Waals surface area contributed by atoms with Crippen molar-refractivity contribution in [2.24, 2.45) is 0 Å². The first kappa shape index (κ1) is 11.6. The third kappa shape index (κ3) is 3.04. The van der Waals surface area contributed by atoms with Crippen LogP contribution < -0.4 is 5.32 Å². The Kier molecular flexibility index (Phi) is 3.93. The minimum atomic E-state index is 0.242. The molecular formula is C11H18N2O3. The molecule has 1 N–H and O–H groups in total. The quantitative estimate of drug-likeness (QED) is 0.834. The van der Waals surface area contributed by atoms with Crippen LogP contribution in [-0.4, -0.2) is 31.0 Å². The summed E-state index contributed by atoms with van der Waals surface area (Å²) in [6.07, 6.45) is 1.18. The second-order valence-electron chi connectivity index (χ2n) is 3.98. The zero-order chi connectivity index (χ0) is 11.4. The Bertz CT molecular complexity index is 312. The van der Waals surface area contributed by atoms with E-state index in [1.807, 2.05) is 13.8 Å². The van der Waals surface area contributed by atoms with E-state index in [2.05, 4.69) is 10.3 Å². The minimum Gasteiger partial charge on any atom is -0.444 e. The van der Waals surface area contributed by atoms with E-state index in [-0.39, 0.29) is 6.10 Å². The molecule has 0 radical (unpaired) electrons. The molecule has 1 aliphatic rings. The van der Waals surface area contributed by atoms with E-state index in [4.69, 9.17) is 13.9 Å². The van der Waals surface area contributed by atoms with Gasteiger partial charge in [-0.3, -0.25) is 0 Å². The Morgan fingerprint density at radius 1 is 1.44 bits per heavy atom. The average molecular weight is 226 g/mol. The molecule has 1 atom stereocenters. The fourth-order valence-electron chi connectivity index (χ4n) is 1.62. The Balaban J connectivity index is 1.71. The van der Waals surface area contributed by atoms with Crippen molar-refractivity contribution in [1.82, 2.24) is 10.3 Å². The van der Waals surface area contributed by atoms with Crippen molar-refractivity contribution in [1.29, 1.82) is 0 Å². The molecule has 2 rings (SSSR count). The van der Waals surface area contributed by atoms with Crippen LogP contribution in [0.3, 0.4) is 0 Å². The van der Waals surface area contributed by atoms with E-state index in [9.17, 15) is 0 Å². The molecule has 2 heterocycles. The van der Waals surface area contributed by atoms with Crippen LogP contribution in [0, 0.1) is 13.8 Å². The van der Waals surface area contributed by atoms with Crippen LogP contribution in [0.25, 0.3) is 0 Å². The fourth-order valence-corrected chi connectivity index (χ4v) is 1.62. The van der Waals surface area contributed by atoms with Gasteiger partial charge in [-0.1, -0.05) is 0 Å². The Hall–Kier alpha value is -0.910. The molecule has 1 aromatic rings. The Labute approximate surface area is 95.1 Å². The van der Waals surface area contributed by atoms with Crippen LogP contribution in [0.15, 0.2) is 4.42 Å². The van der Waals surface area contributed by atoms with E-state index in [0.717, 1.165) is 36.9 Å². The highest BCUT2D eigenvalue weighted by molar-refractivity contribution is 5.05. The molecule has 1 aromatic heterocycles. The zero-order valence-corrected chi connectivity index (χ0v) is 9.78. The third-order valence-electron chi connectivity index (χ3n) is 2.69. The van der Waals surface area contributed by atoms with Gasteiger partial charge in [0.25, 0.3) is 0 Å². The molecule has 0 bridgehead atoms. The summed E-state index contributed by atoms with van der Waals surface area (Å²) in [6.45, 7) is 6.52. The molecule has 1 unspecified atom stereocenters. The summed E-state index contributed by atoms with van der Waals surface area (Å²) in [7, 11) is 0. The molecule has 5 nitrogen and oxygen atoms in total. The van der Waals surface area contributed by atoms with Gasteiger partial charge in [-0.15, -0.1) is 0 Å². The average Bonchev–Trinajstić information content (AvgIpc) is 2.60. The number of hydrogen-bond donors (Lipinski definition) is 1. The highest BCUT2D eigenvalue weighted by atomic mass is 16.7. The smallest absolute Gasteiger partial charge is 0.208 e. The monoisotopic (exact) mass is 226 g/mol. The van der Waals surface area contributed by atoms with Crippen molar-refractivity contribution in [3.8, 4) is 0 Å². The van der Waals surface area contributed by atoms with Gasteiger partial charge in [0.2, 0.25) is 5.89 Å². The lowest BCUT2D eigenvalue weighted by Gasteiger charge is -2.22. The number of aromatic nitrogens is 1. The third-order valence-corrected chi connectivity index (χ3v) is 2.69. The maximum absolute atomic E-state index is 5.46. The summed E-state index contributed by atoms with van der Waals surface area (Å²) in [6, 6.07) is 0. The van der Waals surface area contributed by atoms with Gasteiger partial charge in [0.15, 0.2) is 0 Å². The number of aryl methyl sites for hydroxylation is 2. The second kappa shape index (κ2) is 5.43. The molecule has 1 aliphatic heterocycles. The van der Waals surface area contributed by atoms with Crippen LogP contribution in [0.2, 0.25) is 0 Å². The summed E-state index contributed by atoms with van der Waals surface area (Å²) >= 11 is 0. The molecule has 1 saturated heterocycles. The molecule has 0 aliphatic carbocycles. The van der Waals surface area contributed by atoms with Crippen molar-refractivity contribution < 1.29 is 13.9 Å². The first-order chi connectivity index (χ1) is 7.75. The molecule has 0 spiro atoms. The summed E-state index contributed by atoms with van der Waals surface area (Å²) in [5.41, 5.74) is 0.958. The van der Waals surface area contributed by atoms with Crippen molar-refractivity contribution in [3.05, 3.63) is 17.3 Å². The van der Waals surface area contributed by atoms with E-state index in [1.54, 1.807) is 0 Å². The molecule has 90 valence electrons. The molecule has 0 aromatic carbocycles. The summed E-state index contributed by atoms with van der Waals surface area (Å²) in [5.74, 6) is 1.63. The zero-order valence-electron chi connectivity index (χ0n) is 9.78. The van der Waals surface area contributed by atoms with Gasteiger partial charge < -0.3 is 19.2 Å². The lowest BCUT2D eigenvalue weighted by molar-refractivity contribution is -0.137. The van der Waals surface area contributed by atoms with E-state index < -0.39 is 0 Å². The van der Waals surface area contributed by atoms with Gasteiger partial charge in [0.05, 0.1) is 24.9 Å². The van der Waals surface area contributed by atoms with Crippen LogP contribution in [0.5, 0.6) is 0 Å². The van der Waals surface area contributed by atoms with Gasteiger partial charge >= 0.3 is 0 Å². The first-order valence-corrected chi connectivity index (χ1v) is 5.58. The largest absolute Gasteiger partial charge is 0.444 e. The molecule has 0 amide bonds. The van der Waals surface area contributed by atoms with Crippen LogP contribution >= 0.6 is 0 Å². The number of rotatable bonds is 4. The van der Waals surface area contributed by atoms with Gasteiger partial charge in [0, 0.05) is 6.54 Å². The van der Waals surface area contributed by atoms with Gasteiger partial charge in [-0.25, -0.2) is 4.98 Å². The van der Waals surface area contributed by atoms with Crippen LogP contribution in [-0.2, 0) is 16.0 Å². The highest BCUT2D eigenvalue weighted by Gasteiger charge is 2.14. The SMILES string of the molecule is Cc1nc(CNCC2CCOCO2)oc1C. The topological polar surface area (TPSA) is 56.5 Å². The molecule has 0 saturated carbocycles. The number of oxazole rings is 1. The first-order valence-electron chi connectivity index (χ1n) is 5.58. The van der Waals surface area contributed by atoms with Crippen molar-refractivity contribution in [2.45, 2.75) is 32.9 Å². The van der Waals surface area contributed by atoms with Crippen molar-refractivity contribution in [2.75, 3.05) is 19.9 Å². The van der Waals surface area contributed by atoms with E-state index in [1.165, 1.54) is 0 Å². The maximum atomic E-state index is 5.46. The predicted octanol–water partition coefficient (Wildman–Crippen LogP) is 1.14. The minimum absolute atomic E-state index is 0.242. The molecule has 5 heteroatoms. The van der Waals surface area contributed by atoms with Crippen molar-refractivity contribution >= 4 is 0 Å². The number of hydrogen-bond acceptors (Lipinski definition) is 5. The van der Waals surface area contributed by atoms with Crippen molar-refractivity contribution in [3.63, 3.8) is 0 Å². The summed E-state index contributed by atoms with van der Waals surface area (Å²) in [4.78, 5) is 4.30. The van der Waals surface area contributed by atoms with E-state index in [0.29, 0.717) is 13.3 Å². The normalized spacial score (nSPS) is 21.2. The van der Waals surface area contributed by atoms with Crippen LogP contribution in [0.1, 0.15) is 23.8 Å². The second-order valence-corrected chi connectivity index (χ2v) is 3.98. The standard InChI is InChI=1S/C11H18N2O3/c1-8-9(2)16-11(13-8)6-12-5-10-3-4-14-7-15-10/h10,12H,3-7H2,1-2H3. The fraction of sp³-hybridized carbons (Fsp3) is 0.727. The Morgan fingerprint density at radius 2 is 2.31 bits per heavy atom. The maximum Gasteiger partial charge on any atom is 0.208 e. The summed E-state index contributed by atoms with van der Waals surface area (Å²) in [5, 5.41) is 3.28. The van der Waals surface area contributed by atoms with E-state index >= 15 is 0 Å². The predicted molar refractivity (Wildman–Crippen MR) is 58.0 cm³/mol. The Morgan fingerprint density at radius 3 is 2.94 bits per heavy atom. The number of nitrogens with zero attached hydrogens (tertiary/aromatic N) is 1. The highest BCUT2D eigenvalue weighted by Crippen LogP contribution is 2.08. The summed E-state index contributed by atoms with van der Waals surface area (Å²) < 4.78 is 16.0. The van der Waals surface area contributed by atoms with Crippen LogP contribution in [0.4, 0.5) is 0 Å². The lowest BCUT2D eigenvalue weighted by atomic mass is 10.2. The van der Waals surface area contributed by atoms with Gasteiger partial charge in [-0.05, 0) is 20.3 Å². The molecule has 16 heavy (non-hydrogen) atoms.